The molecule has 0 aliphatic carbocycles. The Bertz CT molecular complexity index is 1000. The predicted octanol–water partition coefficient (Wildman–Crippen LogP) is 4.40. The van der Waals surface area contributed by atoms with Crippen molar-refractivity contribution in [3.63, 3.8) is 0 Å². The van der Waals surface area contributed by atoms with E-state index < -0.39 is 11.9 Å². The average Bonchev–Trinajstić information content (AvgIpc) is 2.70. The third-order valence-corrected chi connectivity index (χ3v) is 4.72. The summed E-state index contributed by atoms with van der Waals surface area (Å²) in [5.74, 6) is -0.342. The van der Waals surface area contributed by atoms with E-state index in [1.54, 1.807) is 36.4 Å². The molecule has 0 heterocycles. The number of hydrogen-bond donors (Lipinski definition) is 0. The van der Waals surface area contributed by atoms with Crippen LogP contribution in [-0.2, 0) is 19.1 Å². The van der Waals surface area contributed by atoms with Gasteiger partial charge in [-0.15, -0.1) is 0 Å². The maximum Gasteiger partial charge on any atom is 0.343 e. The van der Waals surface area contributed by atoms with Crippen LogP contribution >= 0.6 is 23.2 Å². The van der Waals surface area contributed by atoms with Gasteiger partial charge < -0.3 is 18.9 Å². The van der Waals surface area contributed by atoms with E-state index in [0.717, 1.165) is 0 Å². The van der Waals surface area contributed by atoms with Gasteiger partial charge in [-0.3, -0.25) is 0 Å². The van der Waals surface area contributed by atoms with Crippen LogP contribution in [0.25, 0.3) is 21.5 Å². The normalized spacial score (nSPS) is 10.7. The quantitative estimate of drug-likeness (QED) is 0.432. The summed E-state index contributed by atoms with van der Waals surface area (Å²) in [6, 6.07) is 10.4. The van der Waals surface area contributed by atoms with E-state index in [0.29, 0.717) is 43.1 Å². The van der Waals surface area contributed by atoms with Crippen LogP contribution in [0.4, 0.5) is 0 Å². The number of methoxy groups -OCH3 is 2. The molecule has 0 N–H and O–H groups in total. The van der Waals surface area contributed by atoms with Crippen LogP contribution in [0.1, 0.15) is 0 Å². The second kappa shape index (κ2) is 8.54. The van der Waals surface area contributed by atoms with E-state index in [4.69, 9.17) is 32.7 Å². The molecule has 3 aromatic rings. The van der Waals surface area contributed by atoms with Crippen LogP contribution in [0.5, 0.6) is 11.5 Å². The van der Waals surface area contributed by atoms with E-state index in [-0.39, 0.29) is 13.2 Å². The lowest BCUT2D eigenvalue weighted by Crippen LogP contribution is -2.14. The molecule has 146 valence electrons. The Hall–Kier alpha value is -2.70. The molecule has 0 bridgehead atoms. The van der Waals surface area contributed by atoms with Crippen molar-refractivity contribution >= 4 is 56.7 Å². The number of ether oxygens (including phenoxy) is 4. The Balaban J connectivity index is 2.31. The summed E-state index contributed by atoms with van der Waals surface area (Å²) in [4.78, 5) is 23.2. The number of carbonyl (C=O) groups excluding carboxylic acids is 2. The molecule has 0 aromatic heterocycles. The number of hydrogen-bond acceptors (Lipinski definition) is 6. The molecule has 0 radical (unpaired) electrons. The standard InChI is InChI=1S/C20H16Cl2O6/c1-25-15(23)9-27-19-11-5-3-7-13(21)17(11)20(28-10-16(24)26-2)18-12(19)6-4-8-14(18)22/h3-8H,9-10H2,1-2H3. The Morgan fingerprint density at radius 1 is 0.750 bits per heavy atom. The highest BCUT2D eigenvalue weighted by Crippen LogP contribution is 2.47. The highest BCUT2D eigenvalue weighted by molar-refractivity contribution is 6.40. The third-order valence-electron chi connectivity index (χ3n) is 4.09. The van der Waals surface area contributed by atoms with Crippen molar-refractivity contribution in [2.45, 2.75) is 0 Å². The molecule has 0 fully saturated rings. The van der Waals surface area contributed by atoms with Crippen LogP contribution in [0.3, 0.4) is 0 Å². The second-order valence-electron chi connectivity index (χ2n) is 5.71. The van der Waals surface area contributed by atoms with Crippen molar-refractivity contribution in [2.75, 3.05) is 27.4 Å². The van der Waals surface area contributed by atoms with Crippen molar-refractivity contribution < 1.29 is 28.5 Å². The first-order valence-electron chi connectivity index (χ1n) is 8.19. The van der Waals surface area contributed by atoms with E-state index in [1.807, 2.05) is 0 Å². The first-order chi connectivity index (χ1) is 13.5. The van der Waals surface area contributed by atoms with Gasteiger partial charge in [-0.1, -0.05) is 47.5 Å². The molecule has 0 saturated carbocycles. The third kappa shape index (κ3) is 3.79. The van der Waals surface area contributed by atoms with Gasteiger partial charge in [0.25, 0.3) is 0 Å². The van der Waals surface area contributed by atoms with E-state index in [1.165, 1.54) is 14.2 Å². The van der Waals surface area contributed by atoms with Crippen molar-refractivity contribution in [1.29, 1.82) is 0 Å². The van der Waals surface area contributed by atoms with Gasteiger partial charge in [0.05, 0.1) is 24.3 Å². The fraction of sp³-hybridized carbons (Fsp3) is 0.200. The van der Waals surface area contributed by atoms with Gasteiger partial charge in [0, 0.05) is 21.5 Å². The number of carbonyl (C=O) groups is 2. The molecule has 28 heavy (non-hydrogen) atoms. The van der Waals surface area contributed by atoms with E-state index in [2.05, 4.69) is 9.47 Å². The number of esters is 2. The number of rotatable bonds is 6. The van der Waals surface area contributed by atoms with Gasteiger partial charge in [-0.05, 0) is 12.1 Å². The van der Waals surface area contributed by atoms with Crippen LogP contribution < -0.4 is 9.47 Å². The van der Waals surface area contributed by atoms with Gasteiger partial charge in [0.15, 0.2) is 13.2 Å². The molecule has 3 rings (SSSR count). The summed E-state index contributed by atoms with van der Waals surface area (Å²) < 4.78 is 20.8. The number of benzene rings is 3. The first kappa shape index (κ1) is 20.0. The van der Waals surface area contributed by atoms with Crippen LogP contribution in [0.2, 0.25) is 10.0 Å². The fourth-order valence-electron chi connectivity index (χ4n) is 2.84. The maximum absolute atomic E-state index is 11.6. The molecular formula is C20H16Cl2O6. The summed E-state index contributed by atoms with van der Waals surface area (Å²) in [6.45, 7) is -0.610. The average molecular weight is 423 g/mol. The van der Waals surface area contributed by atoms with Crippen LogP contribution in [-0.4, -0.2) is 39.4 Å². The Morgan fingerprint density at radius 2 is 1.18 bits per heavy atom. The molecule has 3 aromatic carbocycles. The lowest BCUT2D eigenvalue weighted by atomic mass is 10.0. The molecule has 6 nitrogen and oxygen atoms in total. The first-order valence-corrected chi connectivity index (χ1v) is 8.95. The Labute approximate surface area is 170 Å². The van der Waals surface area contributed by atoms with Gasteiger partial charge in [-0.2, -0.15) is 0 Å². The summed E-state index contributed by atoms with van der Waals surface area (Å²) in [5, 5.41) is 2.98. The highest BCUT2D eigenvalue weighted by Gasteiger charge is 2.21. The molecule has 0 spiro atoms. The van der Waals surface area contributed by atoms with Crippen molar-refractivity contribution in [2.24, 2.45) is 0 Å². The molecule has 0 atom stereocenters. The lowest BCUT2D eigenvalue weighted by molar-refractivity contribution is -0.143. The molecule has 0 aliphatic heterocycles. The Kier molecular flexibility index (Phi) is 6.11. The lowest BCUT2D eigenvalue weighted by Gasteiger charge is -2.18. The fourth-order valence-corrected chi connectivity index (χ4v) is 3.36. The molecule has 0 unspecified atom stereocenters. The van der Waals surface area contributed by atoms with Crippen molar-refractivity contribution in [3.05, 3.63) is 46.4 Å². The molecule has 0 amide bonds. The van der Waals surface area contributed by atoms with E-state index in [9.17, 15) is 9.59 Å². The number of fused-ring (bicyclic) bond motifs is 2. The van der Waals surface area contributed by atoms with Crippen LogP contribution in [0.15, 0.2) is 36.4 Å². The minimum Gasteiger partial charge on any atom is -0.481 e. The SMILES string of the molecule is COC(=O)COc1c2cccc(Cl)c2c(OCC(=O)OC)c2c(Cl)cccc12. The molecule has 0 aliphatic rings. The minimum atomic E-state index is -0.550. The van der Waals surface area contributed by atoms with Gasteiger partial charge in [-0.25, -0.2) is 9.59 Å². The zero-order valence-corrected chi connectivity index (χ0v) is 16.6. The van der Waals surface area contributed by atoms with Gasteiger partial charge >= 0.3 is 11.9 Å². The zero-order valence-electron chi connectivity index (χ0n) is 15.1. The predicted molar refractivity (Wildman–Crippen MR) is 106 cm³/mol. The van der Waals surface area contributed by atoms with Crippen molar-refractivity contribution in [1.82, 2.24) is 0 Å². The zero-order chi connectivity index (χ0) is 20.3. The minimum absolute atomic E-state index is 0.290. The summed E-state index contributed by atoms with van der Waals surface area (Å²) >= 11 is 12.9. The van der Waals surface area contributed by atoms with Gasteiger partial charge in [0.2, 0.25) is 0 Å². The molecule has 8 heteroatoms. The largest absolute Gasteiger partial charge is 0.481 e. The van der Waals surface area contributed by atoms with Gasteiger partial charge in [0.1, 0.15) is 11.5 Å². The summed E-state index contributed by atoms with van der Waals surface area (Å²) in [7, 11) is 2.55. The number of halogens is 2. The van der Waals surface area contributed by atoms with E-state index >= 15 is 0 Å². The van der Waals surface area contributed by atoms with Crippen LogP contribution in [0, 0.1) is 0 Å². The topological polar surface area (TPSA) is 71.1 Å². The summed E-state index contributed by atoms with van der Waals surface area (Å²) in [5.41, 5.74) is 0. The summed E-state index contributed by atoms with van der Waals surface area (Å²) in [6.07, 6.45) is 0. The molecular weight excluding hydrogens is 407 g/mol. The monoisotopic (exact) mass is 422 g/mol. The smallest absolute Gasteiger partial charge is 0.343 e. The highest BCUT2D eigenvalue weighted by atomic mass is 35.5. The molecule has 0 saturated heterocycles. The second-order valence-corrected chi connectivity index (χ2v) is 6.53. The maximum atomic E-state index is 11.6. The Morgan fingerprint density at radius 3 is 1.61 bits per heavy atom. The van der Waals surface area contributed by atoms with Crippen molar-refractivity contribution in [3.8, 4) is 11.5 Å².